The summed E-state index contributed by atoms with van der Waals surface area (Å²) in [5, 5.41) is 4.46. The lowest BCUT2D eigenvalue weighted by Gasteiger charge is -2.16. The summed E-state index contributed by atoms with van der Waals surface area (Å²) in [6, 6.07) is 0.157. The van der Waals surface area contributed by atoms with Crippen LogP contribution in [0.3, 0.4) is 0 Å². The van der Waals surface area contributed by atoms with Gasteiger partial charge in [-0.3, -0.25) is 4.79 Å². The van der Waals surface area contributed by atoms with Crippen molar-refractivity contribution >= 4 is 45.0 Å². The minimum Gasteiger partial charge on any atom is -0.383 e. The number of carbonyl (C=O) groups excluding carboxylic acids is 1. The van der Waals surface area contributed by atoms with E-state index in [1.165, 1.54) is 16.6 Å². The highest BCUT2D eigenvalue weighted by Gasteiger charge is 2.15. The monoisotopic (exact) mass is 338 g/mol. The van der Waals surface area contributed by atoms with Crippen LogP contribution in [-0.4, -0.2) is 27.7 Å². The lowest BCUT2D eigenvalue weighted by Crippen LogP contribution is -2.37. The summed E-state index contributed by atoms with van der Waals surface area (Å²) in [5.41, 5.74) is 7.18. The van der Waals surface area contributed by atoms with Crippen LogP contribution in [-0.2, 0) is 4.79 Å². The molecule has 5 nitrogen and oxygen atoms in total. The molecule has 0 bridgehead atoms. The summed E-state index contributed by atoms with van der Waals surface area (Å²) in [6.45, 7) is 10.2. The van der Waals surface area contributed by atoms with Crippen LogP contribution < -0.4 is 11.1 Å². The van der Waals surface area contributed by atoms with E-state index < -0.39 is 0 Å². The third-order valence-corrected chi connectivity index (χ3v) is 5.71. The van der Waals surface area contributed by atoms with Gasteiger partial charge in [0.15, 0.2) is 5.16 Å². The fraction of sp³-hybridized carbons (Fsp3) is 0.533. The predicted octanol–water partition coefficient (Wildman–Crippen LogP) is 3.14. The minimum absolute atomic E-state index is 0.00740. The summed E-state index contributed by atoms with van der Waals surface area (Å²) < 4.78 is 0. The zero-order valence-corrected chi connectivity index (χ0v) is 15.2. The number of hydrogen-bond donors (Lipinski definition) is 2. The number of thioether (sulfide) groups is 1. The van der Waals surface area contributed by atoms with Gasteiger partial charge in [-0.15, -0.1) is 11.3 Å². The first-order chi connectivity index (χ1) is 10.3. The van der Waals surface area contributed by atoms with Gasteiger partial charge in [0.2, 0.25) is 5.91 Å². The number of anilines is 1. The second-order valence-corrected chi connectivity index (χ2v) is 7.89. The van der Waals surface area contributed by atoms with Crippen molar-refractivity contribution in [3.8, 4) is 0 Å². The highest BCUT2D eigenvalue weighted by molar-refractivity contribution is 7.99. The van der Waals surface area contributed by atoms with Crippen molar-refractivity contribution in [3.05, 3.63) is 10.4 Å². The normalized spacial score (nSPS) is 12.8. The fourth-order valence-corrected chi connectivity index (χ4v) is 3.67. The molecule has 0 aromatic carbocycles. The van der Waals surface area contributed by atoms with E-state index >= 15 is 0 Å². The van der Waals surface area contributed by atoms with Crippen molar-refractivity contribution in [2.24, 2.45) is 5.92 Å². The van der Waals surface area contributed by atoms with E-state index in [1.807, 2.05) is 13.8 Å². The van der Waals surface area contributed by atoms with Crippen LogP contribution in [0.2, 0.25) is 0 Å². The van der Waals surface area contributed by atoms with E-state index in [1.54, 1.807) is 11.3 Å². The maximum atomic E-state index is 11.9. The number of thiophene rings is 1. The summed E-state index contributed by atoms with van der Waals surface area (Å²) in [5.74, 6) is 1.19. The summed E-state index contributed by atoms with van der Waals surface area (Å²) >= 11 is 2.93. The van der Waals surface area contributed by atoms with Crippen molar-refractivity contribution in [1.82, 2.24) is 15.3 Å². The quantitative estimate of drug-likeness (QED) is 0.646. The van der Waals surface area contributed by atoms with Crippen LogP contribution in [0, 0.1) is 19.8 Å². The Morgan fingerprint density at radius 2 is 2.00 bits per heavy atom. The molecule has 0 fully saturated rings. The molecule has 7 heteroatoms. The van der Waals surface area contributed by atoms with Gasteiger partial charge in [0, 0.05) is 10.9 Å². The molecule has 0 saturated carbocycles. The lowest BCUT2D eigenvalue weighted by atomic mass is 10.1. The Labute approximate surface area is 139 Å². The first-order valence-electron chi connectivity index (χ1n) is 7.25. The smallest absolute Gasteiger partial charge is 0.230 e. The van der Waals surface area contributed by atoms with Crippen molar-refractivity contribution < 1.29 is 4.79 Å². The van der Waals surface area contributed by atoms with Crippen LogP contribution in [0.25, 0.3) is 10.2 Å². The van der Waals surface area contributed by atoms with Gasteiger partial charge in [-0.2, -0.15) is 0 Å². The molecule has 3 N–H and O–H groups in total. The lowest BCUT2D eigenvalue weighted by molar-refractivity contribution is -0.119. The van der Waals surface area contributed by atoms with E-state index in [9.17, 15) is 4.79 Å². The molecule has 2 heterocycles. The molecule has 0 radical (unpaired) electrons. The zero-order valence-electron chi connectivity index (χ0n) is 13.6. The number of nitrogens with zero attached hydrogens (tertiary/aromatic N) is 2. The fourth-order valence-electron chi connectivity index (χ4n) is 1.92. The van der Waals surface area contributed by atoms with E-state index in [-0.39, 0.29) is 11.9 Å². The van der Waals surface area contributed by atoms with Gasteiger partial charge in [-0.05, 0) is 32.3 Å². The Morgan fingerprint density at radius 1 is 1.32 bits per heavy atom. The second kappa shape index (κ2) is 6.83. The molecule has 0 unspecified atom stereocenters. The zero-order chi connectivity index (χ0) is 16.4. The Hall–Kier alpha value is -1.34. The van der Waals surface area contributed by atoms with Crippen LogP contribution >= 0.6 is 23.1 Å². The van der Waals surface area contributed by atoms with Gasteiger partial charge in [0.1, 0.15) is 10.6 Å². The van der Waals surface area contributed by atoms with Crippen LogP contribution in [0.4, 0.5) is 5.82 Å². The standard InChI is InChI=1S/C15H22N4OS2/c1-7(2)9(4)17-11(20)6-21-15-18-13(16)12-8(3)10(5)22-14(12)19-15/h7,9H,6H2,1-5H3,(H,17,20)(H2,16,18,19)/t9-/m0/s1. The van der Waals surface area contributed by atoms with Crippen molar-refractivity contribution in [1.29, 1.82) is 0 Å². The molecule has 2 aromatic rings. The van der Waals surface area contributed by atoms with Gasteiger partial charge in [0.25, 0.3) is 0 Å². The average Bonchev–Trinajstić information content (AvgIpc) is 2.72. The van der Waals surface area contributed by atoms with Gasteiger partial charge in [0.05, 0.1) is 11.1 Å². The van der Waals surface area contributed by atoms with Gasteiger partial charge >= 0.3 is 0 Å². The molecule has 0 aliphatic heterocycles. The number of fused-ring (bicyclic) bond motifs is 1. The summed E-state index contributed by atoms with van der Waals surface area (Å²) in [7, 11) is 0. The van der Waals surface area contributed by atoms with Gasteiger partial charge in [-0.1, -0.05) is 25.6 Å². The third-order valence-electron chi connectivity index (χ3n) is 3.76. The molecule has 0 aliphatic carbocycles. The first-order valence-corrected chi connectivity index (χ1v) is 9.05. The minimum atomic E-state index is -0.00740. The molecule has 22 heavy (non-hydrogen) atoms. The second-order valence-electron chi connectivity index (χ2n) is 5.74. The molecule has 0 saturated heterocycles. The predicted molar refractivity (Wildman–Crippen MR) is 94.5 cm³/mol. The molecular weight excluding hydrogens is 316 g/mol. The van der Waals surface area contributed by atoms with Crippen LogP contribution in [0.15, 0.2) is 5.16 Å². The highest BCUT2D eigenvalue weighted by Crippen LogP contribution is 2.33. The van der Waals surface area contributed by atoms with Crippen molar-refractivity contribution in [3.63, 3.8) is 0 Å². The topological polar surface area (TPSA) is 80.9 Å². The number of nitrogens with two attached hydrogens (primary N) is 1. The first kappa shape index (κ1) is 17.0. The average molecular weight is 339 g/mol. The number of carbonyl (C=O) groups is 1. The van der Waals surface area contributed by atoms with Crippen molar-refractivity contribution in [2.75, 3.05) is 11.5 Å². The van der Waals surface area contributed by atoms with E-state index in [0.29, 0.717) is 22.6 Å². The molecule has 0 spiro atoms. The molecule has 1 amide bonds. The van der Waals surface area contributed by atoms with Crippen molar-refractivity contribution in [2.45, 2.75) is 45.8 Å². The number of nitrogens with one attached hydrogen (secondary N) is 1. The van der Waals surface area contributed by atoms with Gasteiger partial charge in [-0.25, -0.2) is 9.97 Å². The molecule has 2 rings (SSSR count). The van der Waals surface area contributed by atoms with E-state index in [4.69, 9.17) is 5.73 Å². The number of hydrogen-bond acceptors (Lipinski definition) is 6. The Morgan fingerprint density at radius 3 is 2.64 bits per heavy atom. The Bertz CT molecular complexity index is 696. The SMILES string of the molecule is Cc1sc2nc(SCC(=O)N[C@@H](C)C(C)C)nc(N)c2c1C. The summed E-state index contributed by atoms with van der Waals surface area (Å²) in [4.78, 5) is 22.8. The molecule has 1 atom stereocenters. The maximum absolute atomic E-state index is 11.9. The molecular formula is C15H22N4OS2. The Balaban J connectivity index is 2.08. The van der Waals surface area contributed by atoms with Gasteiger partial charge < -0.3 is 11.1 Å². The molecule has 0 aliphatic rings. The number of nitrogen functional groups attached to an aromatic ring is 1. The van der Waals surface area contributed by atoms with Crippen LogP contribution in [0.5, 0.6) is 0 Å². The number of amides is 1. The largest absolute Gasteiger partial charge is 0.383 e. The molecule has 120 valence electrons. The van der Waals surface area contributed by atoms with E-state index in [0.717, 1.165) is 15.8 Å². The highest BCUT2D eigenvalue weighted by atomic mass is 32.2. The van der Waals surface area contributed by atoms with Crippen LogP contribution in [0.1, 0.15) is 31.2 Å². The number of aromatic nitrogens is 2. The maximum Gasteiger partial charge on any atom is 0.230 e. The molecule has 2 aromatic heterocycles. The number of rotatable bonds is 5. The summed E-state index contributed by atoms with van der Waals surface area (Å²) in [6.07, 6.45) is 0. The third kappa shape index (κ3) is 3.70. The Kier molecular flexibility index (Phi) is 5.28. The van der Waals surface area contributed by atoms with E-state index in [2.05, 4.69) is 36.1 Å². The number of aryl methyl sites for hydroxylation is 2.